The predicted molar refractivity (Wildman–Crippen MR) is 76.9 cm³/mol. The van der Waals surface area contributed by atoms with Crippen molar-refractivity contribution in [2.75, 3.05) is 23.0 Å². The number of hydrogen-bond acceptors (Lipinski definition) is 6. The van der Waals surface area contributed by atoms with E-state index < -0.39 is 9.84 Å². The van der Waals surface area contributed by atoms with Gasteiger partial charge in [0.25, 0.3) is 0 Å². The first-order valence-electron chi connectivity index (χ1n) is 6.26. The molecule has 3 N–H and O–H groups in total. The lowest BCUT2D eigenvalue weighted by molar-refractivity contribution is 0.318. The molecule has 20 heavy (non-hydrogen) atoms. The zero-order valence-corrected chi connectivity index (χ0v) is 12.3. The van der Waals surface area contributed by atoms with E-state index in [1.165, 1.54) is 0 Å². The molecule has 1 atom stereocenters. The largest absolute Gasteiger partial charge is 0.409 e. The maximum atomic E-state index is 11.6. The second-order valence-corrected chi connectivity index (χ2v) is 7.19. The highest BCUT2D eigenvalue weighted by atomic mass is 32.2. The quantitative estimate of drug-likeness (QED) is 0.347. The van der Waals surface area contributed by atoms with Gasteiger partial charge in [-0.05, 0) is 26.0 Å². The van der Waals surface area contributed by atoms with E-state index in [0.29, 0.717) is 17.9 Å². The molecule has 1 aliphatic rings. The van der Waals surface area contributed by atoms with Gasteiger partial charge in [0.15, 0.2) is 15.7 Å². The van der Waals surface area contributed by atoms with E-state index in [9.17, 15) is 8.42 Å². The Hall–Kier alpha value is -1.83. The number of pyridine rings is 1. The van der Waals surface area contributed by atoms with Crippen molar-refractivity contribution in [3.8, 4) is 0 Å². The molecule has 1 fully saturated rings. The van der Waals surface area contributed by atoms with E-state index >= 15 is 0 Å². The van der Waals surface area contributed by atoms with Gasteiger partial charge in [0.2, 0.25) is 0 Å². The number of aromatic nitrogens is 1. The number of nitrogens with two attached hydrogens (primary N) is 1. The lowest BCUT2D eigenvalue weighted by Crippen LogP contribution is -2.48. The smallest absolute Gasteiger partial charge is 0.173 e. The highest BCUT2D eigenvalue weighted by molar-refractivity contribution is 7.91. The third-order valence-electron chi connectivity index (χ3n) is 3.34. The molecule has 1 aromatic rings. The third kappa shape index (κ3) is 2.84. The van der Waals surface area contributed by atoms with Gasteiger partial charge in [-0.15, -0.1) is 0 Å². The number of anilines is 1. The van der Waals surface area contributed by atoms with E-state index in [1.54, 1.807) is 12.1 Å². The summed E-state index contributed by atoms with van der Waals surface area (Å²) in [6.07, 6.45) is 0. The van der Waals surface area contributed by atoms with Crippen LogP contribution >= 0.6 is 0 Å². The highest BCUT2D eigenvalue weighted by Gasteiger charge is 2.30. The first kappa shape index (κ1) is 14.6. The van der Waals surface area contributed by atoms with Crippen molar-refractivity contribution in [2.24, 2.45) is 10.9 Å². The van der Waals surface area contributed by atoms with E-state index in [4.69, 9.17) is 10.9 Å². The van der Waals surface area contributed by atoms with E-state index in [-0.39, 0.29) is 23.4 Å². The molecule has 2 heterocycles. The summed E-state index contributed by atoms with van der Waals surface area (Å²) < 4.78 is 23.3. The fourth-order valence-electron chi connectivity index (χ4n) is 2.33. The molecule has 1 saturated heterocycles. The highest BCUT2D eigenvalue weighted by Crippen LogP contribution is 2.24. The number of aryl methyl sites for hydroxylation is 1. The molecule has 1 aliphatic heterocycles. The molecule has 110 valence electrons. The Labute approximate surface area is 118 Å². The first-order valence-corrected chi connectivity index (χ1v) is 8.09. The number of sulfone groups is 1. The Bertz CT molecular complexity index is 642. The molecule has 0 amide bonds. The minimum absolute atomic E-state index is 0.0341. The Balaban J connectivity index is 2.44. The minimum Gasteiger partial charge on any atom is -0.409 e. The van der Waals surface area contributed by atoms with Crippen molar-refractivity contribution in [1.29, 1.82) is 0 Å². The van der Waals surface area contributed by atoms with Gasteiger partial charge < -0.3 is 15.8 Å². The molecule has 0 aliphatic carbocycles. The van der Waals surface area contributed by atoms with Gasteiger partial charge in [0.1, 0.15) is 5.82 Å². The molecule has 7 nitrogen and oxygen atoms in total. The van der Waals surface area contributed by atoms with E-state index in [2.05, 4.69) is 10.1 Å². The lowest BCUT2D eigenvalue weighted by atomic mass is 10.1. The molecule has 0 saturated carbocycles. The van der Waals surface area contributed by atoms with Crippen molar-refractivity contribution in [2.45, 2.75) is 19.9 Å². The van der Waals surface area contributed by atoms with Gasteiger partial charge in [-0.2, -0.15) is 0 Å². The second-order valence-electron chi connectivity index (χ2n) is 4.97. The number of nitrogens with zero attached hydrogens (tertiary/aromatic N) is 3. The van der Waals surface area contributed by atoms with Crippen LogP contribution in [0.2, 0.25) is 0 Å². The summed E-state index contributed by atoms with van der Waals surface area (Å²) in [6, 6.07) is 3.29. The van der Waals surface area contributed by atoms with Crippen LogP contribution in [0, 0.1) is 6.92 Å². The van der Waals surface area contributed by atoms with Crippen molar-refractivity contribution in [3.63, 3.8) is 0 Å². The molecule has 2 rings (SSSR count). The molecular formula is C12H18N4O3S. The molecule has 0 aromatic carbocycles. The van der Waals surface area contributed by atoms with Crippen molar-refractivity contribution >= 4 is 21.5 Å². The molecule has 0 bridgehead atoms. The molecular weight excluding hydrogens is 280 g/mol. The molecule has 0 radical (unpaired) electrons. The summed E-state index contributed by atoms with van der Waals surface area (Å²) in [5, 5.41) is 11.9. The fourth-order valence-corrected chi connectivity index (χ4v) is 3.89. The van der Waals surface area contributed by atoms with Crippen LogP contribution < -0.4 is 10.6 Å². The van der Waals surface area contributed by atoms with Crippen LogP contribution in [0.3, 0.4) is 0 Å². The molecule has 1 unspecified atom stereocenters. The number of oxime groups is 1. The summed E-state index contributed by atoms with van der Waals surface area (Å²) in [6.45, 7) is 4.02. The van der Waals surface area contributed by atoms with Gasteiger partial charge in [0, 0.05) is 18.3 Å². The van der Waals surface area contributed by atoms with Crippen LogP contribution in [0.1, 0.15) is 18.2 Å². The van der Waals surface area contributed by atoms with E-state index in [0.717, 1.165) is 5.69 Å². The second kappa shape index (κ2) is 5.28. The van der Waals surface area contributed by atoms with Crippen LogP contribution in [0.4, 0.5) is 5.82 Å². The number of rotatable bonds is 2. The summed E-state index contributed by atoms with van der Waals surface area (Å²) in [5.41, 5.74) is 6.96. The Morgan fingerprint density at radius 2 is 2.25 bits per heavy atom. The van der Waals surface area contributed by atoms with Crippen LogP contribution in [-0.2, 0) is 9.84 Å². The van der Waals surface area contributed by atoms with E-state index in [1.807, 2.05) is 18.7 Å². The normalized spacial score (nSPS) is 22.8. The SMILES string of the molecule is Cc1ccc(/C(N)=N/O)c(N2CCS(=O)(=O)CC2C)n1. The first-order chi connectivity index (χ1) is 9.34. The summed E-state index contributed by atoms with van der Waals surface area (Å²) in [5.74, 6) is 0.691. The Morgan fingerprint density at radius 1 is 1.55 bits per heavy atom. The topological polar surface area (TPSA) is 109 Å². The van der Waals surface area contributed by atoms with Crippen LogP contribution in [0.25, 0.3) is 0 Å². The zero-order valence-electron chi connectivity index (χ0n) is 11.4. The van der Waals surface area contributed by atoms with Gasteiger partial charge >= 0.3 is 0 Å². The lowest BCUT2D eigenvalue weighted by Gasteiger charge is -2.35. The summed E-state index contributed by atoms with van der Waals surface area (Å²) in [7, 11) is -3.00. The maximum absolute atomic E-state index is 11.6. The van der Waals surface area contributed by atoms with Gasteiger partial charge in [0.05, 0.1) is 17.1 Å². The van der Waals surface area contributed by atoms with Crippen molar-refractivity contribution in [3.05, 3.63) is 23.4 Å². The average molecular weight is 298 g/mol. The average Bonchev–Trinajstić information content (AvgIpc) is 2.36. The van der Waals surface area contributed by atoms with Gasteiger partial charge in [-0.25, -0.2) is 13.4 Å². The Kier molecular flexibility index (Phi) is 3.85. The molecule has 1 aromatic heterocycles. The van der Waals surface area contributed by atoms with Crippen LogP contribution in [-0.4, -0.2) is 48.5 Å². The third-order valence-corrected chi connectivity index (χ3v) is 5.14. The zero-order chi connectivity index (χ0) is 14.9. The van der Waals surface area contributed by atoms with Gasteiger partial charge in [-0.1, -0.05) is 5.16 Å². The number of amidine groups is 1. The monoisotopic (exact) mass is 298 g/mol. The van der Waals surface area contributed by atoms with Crippen LogP contribution in [0.5, 0.6) is 0 Å². The molecule has 0 spiro atoms. The van der Waals surface area contributed by atoms with Gasteiger partial charge in [-0.3, -0.25) is 0 Å². The molecule has 8 heteroatoms. The Morgan fingerprint density at radius 3 is 2.85 bits per heavy atom. The fraction of sp³-hybridized carbons (Fsp3) is 0.500. The van der Waals surface area contributed by atoms with Crippen LogP contribution in [0.15, 0.2) is 17.3 Å². The van der Waals surface area contributed by atoms with Crippen molar-refractivity contribution in [1.82, 2.24) is 4.98 Å². The minimum atomic E-state index is -3.00. The van der Waals surface area contributed by atoms with Crippen molar-refractivity contribution < 1.29 is 13.6 Å². The predicted octanol–water partition coefficient (Wildman–Crippen LogP) is 0.108. The summed E-state index contributed by atoms with van der Waals surface area (Å²) in [4.78, 5) is 6.31. The standard InChI is InChI=1S/C12H18N4O3S/c1-8-3-4-10(11(13)15-17)12(14-8)16-5-6-20(18,19)7-9(16)2/h3-4,9,17H,5-7H2,1-2H3,(H2,13,15). The number of hydrogen-bond donors (Lipinski definition) is 2. The maximum Gasteiger partial charge on any atom is 0.173 e. The summed E-state index contributed by atoms with van der Waals surface area (Å²) >= 11 is 0.